The first-order chi connectivity index (χ1) is 14.8. The molecule has 3 atom stereocenters. The molecule has 0 spiro atoms. The first-order valence-electron chi connectivity index (χ1n) is 10.00. The summed E-state index contributed by atoms with van der Waals surface area (Å²) in [5, 5.41) is 8.49. The number of fused-ring (bicyclic) bond motifs is 1. The van der Waals surface area contributed by atoms with Crippen LogP contribution in [0.4, 0.5) is 0 Å². The minimum absolute atomic E-state index is 0.0606. The molecule has 1 saturated carbocycles. The molecule has 2 aliphatic heterocycles. The number of hydrogen-bond donors (Lipinski definition) is 1. The SMILES string of the molecule is O=C(O)C1=C(CCl)CS(=O)(=O)[C@H]2C(C3CC3(c3ccccc3)c3ccccc3)C(=O)N12. The topological polar surface area (TPSA) is 91.7 Å². The van der Waals surface area contributed by atoms with Gasteiger partial charge >= 0.3 is 5.97 Å². The number of benzene rings is 2. The van der Waals surface area contributed by atoms with Gasteiger partial charge in [-0.1, -0.05) is 60.7 Å². The number of halogens is 1. The standard InChI is InChI=1S/C23H20ClNO5S/c24-12-14-13-31(29,30)21-18(20(26)25(21)19(14)22(27)28)17-11-23(17,15-7-3-1-4-8-15)16-9-5-2-6-10-16/h1-10,17-18,21H,11-13H2,(H,27,28)/t17?,18?,21-/m0/s1. The van der Waals surface area contributed by atoms with Gasteiger partial charge in [0.15, 0.2) is 15.2 Å². The van der Waals surface area contributed by atoms with Crippen molar-refractivity contribution in [1.82, 2.24) is 4.90 Å². The van der Waals surface area contributed by atoms with E-state index in [0.717, 1.165) is 16.0 Å². The molecule has 160 valence electrons. The zero-order valence-electron chi connectivity index (χ0n) is 16.4. The van der Waals surface area contributed by atoms with Crippen molar-refractivity contribution >= 4 is 33.3 Å². The summed E-state index contributed by atoms with van der Waals surface area (Å²) in [4.78, 5) is 26.0. The summed E-state index contributed by atoms with van der Waals surface area (Å²) in [7, 11) is -3.75. The molecule has 6 nitrogen and oxygen atoms in total. The lowest BCUT2D eigenvalue weighted by Crippen LogP contribution is -2.68. The van der Waals surface area contributed by atoms with Crippen molar-refractivity contribution in [2.75, 3.05) is 11.6 Å². The van der Waals surface area contributed by atoms with Crippen LogP contribution in [0, 0.1) is 11.8 Å². The van der Waals surface area contributed by atoms with Gasteiger partial charge < -0.3 is 5.11 Å². The molecule has 2 aromatic carbocycles. The van der Waals surface area contributed by atoms with Crippen molar-refractivity contribution in [3.63, 3.8) is 0 Å². The van der Waals surface area contributed by atoms with Gasteiger partial charge in [0.25, 0.3) is 0 Å². The second kappa shape index (κ2) is 6.93. The summed E-state index contributed by atoms with van der Waals surface area (Å²) >= 11 is 5.82. The van der Waals surface area contributed by atoms with Gasteiger partial charge in [0.1, 0.15) is 5.70 Å². The highest BCUT2D eigenvalue weighted by Gasteiger charge is 2.71. The maximum Gasteiger partial charge on any atom is 0.352 e. The molecular weight excluding hydrogens is 438 g/mol. The number of carbonyl (C=O) groups excluding carboxylic acids is 1. The predicted molar refractivity (Wildman–Crippen MR) is 115 cm³/mol. The van der Waals surface area contributed by atoms with Crippen molar-refractivity contribution in [2.24, 2.45) is 11.8 Å². The van der Waals surface area contributed by atoms with Crippen LogP contribution in [-0.4, -0.2) is 47.3 Å². The Hall–Kier alpha value is -2.64. The number of sulfone groups is 1. The van der Waals surface area contributed by atoms with Gasteiger partial charge in [0, 0.05) is 11.3 Å². The van der Waals surface area contributed by atoms with E-state index < -0.39 is 44.2 Å². The molecule has 0 aromatic heterocycles. The molecule has 2 heterocycles. The number of hydrogen-bond acceptors (Lipinski definition) is 4. The third kappa shape index (κ3) is 2.79. The zero-order chi connectivity index (χ0) is 22.0. The van der Waals surface area contributed by atoms with Crippen LogP contribution < -0.4 is 0 Å². The summed E-state index contributed by atoms with van der Waals surface area (Å²) in [5.74, 6) is -3.46. The van der Waals surface area contributed by atoms with E-state index in [2.05, 4.69) is 0 Å². The maximum absolute atomic E-state index is 13.2. The number of alkyl halides is 1. The number of rotatable bonds is 5. The first kappa shape index (κ1) is 20.3. The van der Waals surface area contributed by atoms with Gasteiger partial charge in [-0.25, -0.2) is 13.2 Å². The zero-order valence-corrected chi connectivity index (χ0v) is 18.0. The molecule has 2 fully saturated rings. The third-order valence-electron chi connectivity index (χ3n) is 6.79. The molecule has 1 N–H and O–H groups in total. The van der Waals surface area contributed by atoms with Gasteiger partial charge in [-0.15, -0.1) is 11.6 Å². The van der Waals surface area contributed by atoms with Crippen LogP contribution in [0.5, 0.6) is 0 Å². The lowest BCUT2D eigenvalue weighted by atomic mass is 9.79. The summed E-state index contributed by atoms with van der Waals surface area (Å²) in [6.07, 6.45) is 0.631. The molecule has 2 unspecified atom stereocenters. The molecule has 5 rings (SSSR count). The fourth-order valence-corrected chi connectivity index (χ4v) is 7.94. The largest absolute Gasteiger partial charge is 0.477 e. The van der Waals surface area contributed by atoms with Crippen molar-refractivity contribution in [1.29, 1.82) is 0 Å². The summed E-state index contributed by atoms with van der Waals surface area (Å²) in [5.41, 5.74) is 1.37. The Labute approximate surface area is 185 Å². The van der Waals surface area contributed by atoms with Crippen molar-refractivity contribution < 1.29 is 23.1 Å². The molecule has 1 aliphatic carbocycles. The smallest absolute Gasteiger partial charge is 0.352 e. The molecule has 3 aliphatic rings. The highest BCUT2D eigenvalue weighted by molar-refractivity contribution is 7.92. The van der Waals surface area contributed by atoms with Gasteiger partial charge in [0.2, 0.25) is 5.91 Å². The molecule has 0 radical (unpaired) electrons. The van der Waals surface area contributed by atoms with Crippen molar-refractivity contribution in [3.8, 4) is 0 Å². The van der Waals surface area contributed by atoms with E-state index in [4.69, 9.17) is 11.6 Å². The van der Waals surface area contributed by atoms with Crippen LogP contribution >= 0.6 is 11.6 Å². The average molecular weight is 458 g/mol. The van der Waals surface area contributed by atoms with Crippen LogP contribution in [-0.2, 0) is 24.8 Å². The lowest BCUT2D eigenvalue weighted by molar-refractivity contribution is -0.154. The highest BCUT2D eigenvalue weighted by atomic mass is 35.5. The Bertz CT molecular complexity index is 1170. The monoisotopic (exact) mass is 457 g/mol. The number of carboxylic acids is 1. The lowest BCUT2D eigenvalue weighted by Gasteiger charge is -2.50. The highest BCUT2D eigenvalue weighted by Crippen LogP contribution is 2.65. The van der Waals surface area contributed by atoms with E-state index in [-0.39, 0.29) is 23.1 Å². The number of carboxylic acid groups (broad SMARTS) is 1. The molecule has 2 aromatic rings. The van der Waals surface area contributed by atoms with Crippen LogP contribution in [0.15, 0.2) is 71.9 Å². The van der Waals surface area contributed by atoms with Crippen LogP contribution in [0.3, 0.4) is 0 Å². The van der Waals surface area contributed by atoms with E-state index in [9.17, 15) is 23.1 Å². The Morgan fingerprint density at radius 1 is 1.06 bits per heavy atom. The van der Waals surface area contributed by atoms with Gasteiger partial charge in [-0.2, -0.15) is 0 Å². The number of nitrogens with zero attached hydrogens (tertiary/aromatic N) is 1. The predicted octanol–water partition coefficient (Wildman–Crippen LogP) is 2.78. The summed E-state index contributed by atoms with van der Waals surface area (Å²) < 4.78 is 26.1. The third-order valence-corrected chi connectivity index (χ3v) is 9.11. The molecule has 1 saturated heterocycles. The van der Waals surface area contributed by atoms with E-state index >= 15 is 0 Å². The number of carbonyl (C=O) groups is 2. The van der Waals surface area contributed by atoms with Crippen LogP contribution in [0.1, 0.15) is 17.5 Å². The van der Waals surface area contributed by atoms with Gasteiger partial charge in [0.05, 0.1) is 11.7 Å². The van der Waals surface area contributed by atoms with Crippen molar-refractivity contribution in [3.05, 3.63) is 83.1 Å². The number of β-lactam (4-membered cyclic amide) rings is 1. The van der Waals surface area contributed by atoms with Crippen LogP contribution in [0.2, 0.25) is 0 Å². The van der Waals surface area contributed by atoms with Gasteiger partial charge in [-0.3, -0.25) is 9.69 Å². The Kier molecular flexibility index (Phi) is 4.53. The molecule has 8 heteroatoms. The van der Waals surface area contributed by atoms with Crippen molar-refractivity contribution in [2.45, 2.75) is 17.2 Å². The molecule has 0 bridgehead atoms. The molecule has 31 heavy (non-hydrogen) atoms. The van der Waals surface area contributed by atoms with E-state index in [1.54, 1.807) is 0 Å². The minimum Gasteiger partial charge on any atom is -0.477 e. The fraction of sp³-hybridized carbons (Fsp3) is 0.304. The summed E-state index contributed by atoms with van der Waals surface area (Å²) in [6.45, 7) is 0. The van der Waals surface area contributed by atoms with E-state index in [1.165, 1.54) is 0 Å². The summed E-state index contributed by atoms with van der Waals surface area (Å²) in [6, 6.07) is 19.5. The quantitative estimate of drug-likeness (QED) is 0.550. The normalized spacial score (nSPS) is 28.0. The van der Waals surface area contributed by atoms with Gasteiger partial charge in [-0.05, 0) is 29.0 Å². The Balaban J connectivity index is 1.59. The Morgan fingerprint density at radius 3 is 2.10 bits per heavy atom. The first-order valence-corrected chi connectivity index (χ1v) is 12.2. The molecule has 1 amide bonds. The number of amides is 1. The number of aliphatic carboxylic acids is 1. The molecular formula is C23H20ClNO5S. The van der Waals surface area contributed by atoms with E-state index in [1.807, 2.05) is 60.7 Å². The Morgan fingerprint density at radius 2 is 1.61 bits per heavy atom. The van der Waals surface area contributed by atoms with E-state index in [0.29, 0.717) is 6.42 Å². The minimum atomic E-state index is -3.75. The second-order valence-electron chi connectivity index (χ2n) is 8.34. The maximum atomic E-state index is 13.2. The second-order valence-corrected chi connectivity index (χ2v) is 10.7. The van der Waals surface area contributed by atoms with Crippen LogP contribution in [0.25, 0.3) is 0 Å². The fourth-order valence-electron chi connectivity index (χ4n) is 5.42. The average Bonchev–Trinajstić information content (AvgIpc) is 3.50.